The smallest absolute Gasteiger partial charge is 0.454 e. The van der Waals surface area contributed by atoms with Crippen LogP contribution in [0, 0.1) is 0 Å². The lowest BCUT2D eigenvalue weighted by molar-refractivity contribution is -0.165. The number of carbonyl (C=O) groups is 1. The molecule has 0 amide bonds. The van der Waals surface area contributed by atoms with E-state index in [9.17, 15) is 23.1 Å². The number of allylic oxidation sites excluding steroid dienone is 1. The van der Waals surface area contributed by atoms with Gasteiger partial charge in [-0.25, -0.2) is 0 Å². The molecule has 1 N–H and O–H groups in total. The number of halogens is 4. The highest BCUT2D eigenvalue weighted by Gasteiger charge is 2.36. The molecule has 0 heterocycles. The lowest BCUT2D eigenvalue weighted by atomic mass is 10.1. The maximum atomic E-state index is 12.1. The van der Waals surface area contributed by atoms with E-state index in [2.05, 4.69) is 0 Å². The number of aliphatic hydroxyl groups is 1. The number of ether oxygens (including phenoxy) is 1. The van der Waals surface area contributed by atoms with Crippen molar-refractivity contribution in [2.75, 3.05) is 0 Å². The number of ketones is 1. The number of aliphatic hydroxyl groups excluding tert-OH is 1. The van der Waals surface area contributed by atoms with Gasteiger partial charge in [-0.2, -0.15) is 13.2 Å². The van der Waals surface area contributed by atoms with E-state index in [1.165, 1.54) is 24.3 Å². The van der Waals surface area contributed by atoms with Crippen molar-refractivity contribution in [3.05, 3.63) is 70.8 Å². The summed E-state index contributed by atoms with van der Waals surface area (Å²) in [7, 11) is 0. The second-order valence-electron chi connectivity index (χ2n) is 4.83. The van der Waals surface area contributed by atoms with Gasteiger partial charge in [0.2, 0.25) is 0 Å². The van der Waals surface area contributed by atoms with E-state index in [-0.39, 0.29) is 18.2 Å². The molecule has 3 nitrogen and oxygen atoms in total. The minimum absolute atomic E-state index is 0.0754. The summed E-state index contributed by atoms with van der Waals surface area (Å²) in [5, 5.41) is 10.2. The number of hydrogen-bond donors (Lipinski definition) is 1. The van der Waals surface area contributed by atoms with E-state index in [4.69, 9.17) is 16.3 Å². The third-order valence-electron chi connectivity index (χ3n) is 3.02. The molecule has 0 radical (unpaired) electrons. The zero-order chi connectivity index (χ0) is 17.7. The van der Waals surface area contributed by atoms with Crippen molar-refractivity contribution in [2.45, 2.75) is 12.8 Å². The molecule has 2 aromatic rings. The Labute approximate surface area is 140 Å². The average molecular weight is 357 g/mol. The SMILES string of the molecule is O=C(/C=C(\O)c1ccc(OCc2ccc(Cl)cc2)cc1)C(F)(F)F. The molecule has 0 unspecified atom stereocenters. The molecule has 0 atom stereocenters. The first kappa shape index (κ1) is 17.9. The molecule has 0 aliphatic heterocycles. The summed E-state index contributed by atoms with van der Waals surface area (Å²) in [4.78, 5) is 10.8. The topological polar surface area (TPSA) is 46.5 Å². The molecule has 126 valence electrons. The Balaban J connectivity index is 2.01. The van der Waals surface area contributed by atoms with Crippen molar-refractivity contribution in [3.8, 4) is 5.75 Å². The lowest BCUT2D eigenvalue weighted by Gasteiger charge is -2.08. The quantitative estimate of drug-likeness (QED) is 0.609. The van der Waals surface area contributed by atoms with Crippen LogP contribution in [-0.4, -0.2) is 17.1 Å². The summed E-state index contributed by atoms with van der Waals surface area (Å²) < 4.78 is 41.9. The Morgan fingerprint density at radius 2 is 1.67 bits per heavy atom. The molecule has 0 saturated heterocycles. The van der Waals surface area contributed by atoms with Crippen molar-refractivity contribution in [3.63, 3.8) is 0 Å². The second-order valence-corrected chi connectivity index (χ2v) is 5.27. The van der Waals surface area contributed by atoms with Crippen molar-refractivity contribution in [1.82, 2.24) is 0 Å². The molecule has 0 saturated carbocycles. The van der Waals surface area contributed by atoms with Crippen LogP contribution in [0.3, 0.4) is 0 Å². The molecule has 0 aliphatic rings. The van der Waals surface area contributed by atoms with Crippen molar-refractivity contribution < 1.29 is 27.8 Å². The van der Waals surface area contributed by atoms with Gasteiger partial charge in [0.05, 0.1) is 0 Å². The Bertz CT molecular complexity index is 735. The van der Waals surface area contributed by atoms with Crippen LogP contribution in [0.15, 0.2) is 54.6 Å². The first-order valence-electron chi connectivity index (χ1n) is 6.75. The molecule has 0 spiro atoms. The molecule has 0 aromatic heterocycles. The van der Waals surface area contributed by atoms with E-state index in [1.807, 2.05) is 0 Å². The Hall–Kier alpha value is -2.47. The third kappa shape index (κ3) is 5.03. The van der Waals surface area contributed by atoms with Gasteiger partial charge < -0.3 is 9.84 Å². The highest BCUT2D eigenvalue weighted by molar-refractivity contribution is 6.30. The molecule has 0 bridgehead atoms. The maximum absolute atomic E-state index is 12.1. The van der Waals surface area contributed by atoms with Gasteiger partial charge in [-0.3, -0.25) is 4.79 Å². The lowest BCUT2D eigenvalue weighted by Crippen LogP contribution is -2.20. The fourth-order valence-electron chi connectivity index (χ4n) is 1.76. The van der Waals surface area contributed by atoms with Gasteiger partial charge in [0, 0.05) is 16.7 Å². The fourth-order valence-corrected chi connectivity index (χ4v) is 1.88. The second kappa shape index (κ2) is 7.40. The number of alkyl halides is 3. The highest BCUT2D eigenvalue weighted by Crippen LogP contribution is 2.22. The Morgan fingerprint density at radius 3 is 2.21 bits per heavy atom. The van der Waals surface area contributed by atoms with E-state index in [1.54, 1.807) is 24.3 Å². The zero-order valence-corrected chi connectivity index (χ0v) is 12.9. The van der Waals surface area contributed by atoms with Gasteiger partial charge in [0.1, 0.15) is 18.1 Å². The minimum Gasteiger partial charge on any atom is -0.507 e. The van der Waals surface area contributed by atoms with Gasteiger partial charge in [0.15, 0.2) is 0 Å². The zero-order valence-electron chi connectivity index (χ0n) is 12.2. The summed E-state index contributed by atoms with van der Waals surface area (Å²) in [6, 6.07) is 12.7. The molecule has 2 rings (SSSR count). The monoisotopic (exact) mass is 356 g/mol. The first-order chi connectivity index (χ1) is 11.3. The number of rotatable bonds is 5. The summed E-state index contributed by atoms with van der Waals surface area (Å²) in [6.07, 6.45) is -4.88. The van der Waals surface area contributed by atoms with Gasteiger partial charge in [0.25, 0.3) is 5.78 Å². The molecule has 0 aliphatic carbocycles. The van der Waals surface area contributed by atoms with Gasteiger partial charge in [-0.05, 0) is 42.0 Å². The number of benzene rings is 2. The predicted octanol–water partition coefficient (Wildman–Crippen LogP) is 4.95. The van der Waals surface area contributed by atoms with Crippen LogP contribution >= 0.6 is 11.6 Å². The van der Waals surface area contributed by atoms with Gasteiger partial charge in [-0.1, -0.05) is 23.7 Å². The van der Waals surface area contributed by atoms with Crippen LogP contribution in [0.1, 0.15) is 11.1 Å². The Morgan fingerprint density at radius 1 is 1.08 bits per heavy atom. The minimum atomic E-state index is -5.02. The van der Waals surface area contributed by atoms with Crippen LogP contribution in [0.5, 0.6) is 5.75 Å². The fraction of sp³-hybridized carbons (Fsp3) is 0.118. The van der Waals surface area contributed by atoms with Gasteiger partial charge in [-0.15, -0.1) is 0 Å². The largest absolute Gasteiger partial charge is 0.507 e. The third-order valence-corrected chi connectivity index (χ3v) is 3.27. The summed E-state index contributed by atoms with van der Waals surface area (Å²) >= 11 is 5.78. The highest BCUT2D eigenvalue weighted by atomic mass is 35.5. The predicted molar refractivity (Wildman–Crippen MR) is 83.9 cm³/mol. The standard InChI is InChI=1S/C17H12ClF3O3/c18-13-5-1-11(2-6-13)10-24-14-7-3-12(4-8-14)15(22)9-16(23)17(19,20)21/h1-9,22H,10H2/b15-9-. The van der Waals surface area contributed by atoms with Crippen molar-refractivity contribution in [1.29, 1.82) is 0 Å². The molecule has 24 heavy (non-hydrogen) atoms. The maximum Gasteiger partial charge on any atom is 0.454 e. The summed E-state index contributed by atoms with van der Waals surface area (Å²) in [5.41, 5.74) is 0.966. The normalized spacial score (nSPS) is 12.1. The van der Waals surface area contributed by atoms with Crippen LogP contribution in [0.2, 0.25) is 5.02 Å². The van der Waals surface area contributed by atoms with Crippen molar-refractivity contribution in [2.24, 2.45) is 0 Å². The van der Waals surface area contributed by atoms with Crippen LogP contribution in [-0.2, 0) is 11.4 Å². The number of carbonyl (C=O) groups excluding carboxylic acids is 1. The van der Waals surface area contributed by atoms with E-state index in [0.717, 1.165) is 5.56 Å². The molecule has 2 aromatic carbocycles. The van der Waals surface area contributed by atoms with E-state index in [0.29, 0.717) is 10.8 Å². The van der Waals surface area contributed by atoms with Gasteiger partial charge >= 0.3 is 6.18 Å². The van der Waals surface area contributed by atoms with E-state index < -0.39 is 17.7 Å². The van der Waals surface area contributed by atoms with Crippen LogP contribution in [0.25, 0.3) is 5.76 Å². The first-order valence-corrected chi connectivity index (χ1v) is 7.13. The van der Waals surface area contributed by atoms with Crippen molar-refractivity contribution >= 4 is 23.1 Å². The van der Waals surface area contributed by atoms with Crippen LogP contribution < -0.4 is 4.74 Å². The molecule has 7 heteroatoms. The summed E-state index contributed by atoms with van der Waals surface area (Å²) in [5.74, 6) is -2.42. The molecule has 0 fully saturated rings. The van der Waals surface area contributed by atoms with Crippen LogP contribution in [0.4, 0.5) is 13.2 Å². The molecular weight excluding hydrogens is 345 g/mol. The average Bonchev–Trinajstić information content (AvgIpc) is 2.54. The number of hydrogen-bond acceptors (Lipinski definition) is 3. The van der Waals surface area contributed by atoms with E-state index >= 15 is 0 Å². The molecular formula is C17H12ClF3O3. The summed E-state index contributed by atoms with van der Waals surface area (Å²) in [6.45, 7) is 0.283. The Kier molecular flexibility index (Phi) is 5.51.